The summed E-state index contributed by atoms with van der Waals surface area (Å²) in [5, 5.41) is 0.637. The van der Waals surface area contributed by atoms with Gasteiger partial charge in [-0.2, -0.15) is 0 Å². The molecular formula is C14H11Br2Cl2NO5. The second-order valence-electron chi connectivity index (χ2n) is 4.53. The molecule has 24 heavy (non-hydrogen) atoms. The molecule has 10 heteroatoms. The van der Waals surface area contributed by atoms with Crippen LogP contribution in [0.2, 0.25) is 10.0 Å². The van der Waals surface area contributed by atoms with E-state index in [1.807, 2.05) is 0 Å². The lowest BCUT2D eigenvalue weighted by Crippen LogP contribution is -2.39. The Kier molecular flexibility index (Phi) is 6.55. The third-order valence-corrected chi connectivity index (χ3v) is 5.73. The van der Waals surface area contributed by atoms with Crippen molar-refractivity contribution in [1.82, 2.24) is 0 Å². The molecule has 1 aliphatic heterocycles. The average molecular weight is 504 g/mol. The lowest BCUT2D eigenvalue weighted by Gasteiger charge is -2.32. The van der Waals surface area contributed by atoms with E-state index >= 15 is 0 Å². The van der Waals surface area contributed by atoms with Crippen molar-refractivity contribution < 1.29 is 23.8 Å². The van der Waals surface area contributed by atoms with Gasteiger partial charge < -0.3 is 19.1 Å². The van der Waals surface area contributed by atoms with Gasteiger partial charge in [-0.25, -0.2) is 9.59 Å². The fourth-order valence-electron chi connectivity index (χ4n) is 2.12. The van der Waals surface area contributed by atoms with Crippen LogP contribution >= 0.6 is 55.1 Å². The molecule has 130 valence electrons. The summed E-state index contributed by atoms with van der Waals surface area (Å²) in [7, 11) is 2.42. The summed E-state index contributed by atoms with van der Waals surface area (Å²) in [6, 6.07) is 1.57. The van der Waals surface area contributed by atoms with Crippen LogP contribution < -0.4 is 4.90 Å². The zero-order valence-corrected chi connectivity index (χ0v) is 17.2. The number of anilines is 1. The van der Waals surface area contributed by atoms with E-state index in [1.165, 1.54) is 19.1 Å². The van der Waals surface area contributed by atoms with Crippen LogP contribution in [0.25, 0.3) is 0 Å². The topological polar surface area (TPSA) is 65.1 Å². The number of hydrogen-bond donors (Lipinski definition) is 0. The number of hydrogen-bond acceptors (Lipinski definition) is 6. The van der Waals surface area contributed by atoms with Gasteiger partial charge in [-0.1, -0.05) is 23.2 Å². The lowest BCUT2D eigenvalue weighted by atomic mass is 10.1. The number of carbonyl (C=O) groups is 2. The number of nitrogens with zero attached hydrogens (tertiary/aromatic N) is 1. The molecule has 0 radical (unpaired) electrons. The third-order valence-electron chi connectivity index (χ3n) is 3.19. The quantitative estimate of drug-likeness (QED) is 0.354. The van der Waals surface area contributed by atoms with Crippen LogP contribution in [0.4, 0.5) is 5.69 Å². The molecule has 0 unspecified atom stereocenters. The average Bonchev–Trinajstić information content (AvgIpc) is 2.58. The molecule has 0 fully saturated rings. The Balaban J connectivity index is 2.71. The molecule has 0 spiro atoms. The van der Waals surface area contributed by atoms with Crippen molar-refractivity contribution >= 4 is 72.7 Å². The second kappa shape index (κ2) is 8.05. The lowest BCUT2D eigenvalue weighted by molar-refractivity contribution is -0.140. The van der Waals surface area contributed by atoms with Crippen molar-refractivity contribution in [2.24, 2.45) is 0 Å². The summed E-state index contributed by atoms with van der Waals surface area (Å²) in [6.45, 7) is -0.117. The van der Waals surface area contributed by atoms with Crippen LogP contribution in [0, 0.1) is 0 Å². The molecule has 1 aliphatic rings. The summed E-state index contributed by atoms with van der Waals surface area (Å²) in [4.78, 5) is 25.7. The summed E-state index contributed by atoms with van der Waals surface area (Å²) in [5.41, 5.74) is 0.376. The van der Waals surface area contributed by atoms with Crippen molar-refractivity contribution in [1.29, 1.82) is 0 Å². The Morgan fingerprint density at radius 3 is 2.42 bits per heavy atom. The number of ether oxygens (including phenoxy) is 3. The number of benzene rings is 1. The number of methoxy groups -OCH3 is 2. The minimum absolute atomic E-state index is 0.0170. The maximum atomic E-state index is 12.3. The number of rotatable bonds is 3. The van der Waals surface area contributed by atoms with Gasteiger partial charge in [0.2, 0.25) is 0 Å². The van der Waals surface area contributed by atoms with Crippen LogP contribution in [0.1, 0.15) is 0 Å². The summed E-state index contributed by atoms with van der Waals surface area (Å²) >= 11 is 19.2. The van der Waals surface area contributed by atoms with E-state index < -0.39 is 11.9 Å². The van der Waals surface area contributed by atoms with E-state index in [1.54, 1.807) is 6.07 Å². The second-order valence-corrected chi connectivity index (χ2v) is 6.97. The Labute approximate surface area is 164 Å². The molecule has 1 aromatic rings. The van der Waals surface area contributed by atoms with Gasteiger partial charge in [0.05, 0.1) is 46.6 Å². The molecular weight excluding hydrogens is 493 g/mol. The highest BCUT2D eigenvalue weighted by molar-refractivity contribution is 9.11. The summed E-state index contributed by atoms with van der Waals surface area (Å²) < 4.78 is 15.9. The maximum Gasteiger partial charge on any atom is 0.355 e. The molecule has 0 saturated heterocycles. The van der Waals surface area contributed by atoms with Gasteiger partial charge in [0.1, 0.15) is 12.4 Å². The zero-order valence-electron chi connectivity index (χ0n) is 12.5. The van der Waals surface area contributed by atoms with E-state index in [-0.39, 0.29) is 29.6 Å². The Morgan fingerprint density at radius 2 is 1.83 bits per heavy atom. The van der Waals surface area contributed by atoms with Crippen molar-refractivity contribution in [3.63, 3.8) is 0 Å². The molecule has 1 heterocycles. The molecule has 0 aromatic heterocycles. The van der Waals surface area contributed by atoms with Gasteiger partial charge in [-0.3, -0.25) is 0 Å². The van der Waals surface area contributed by atoms with E-state index in [2.05, 4.69) is 31.9 Å². The van der Waals surface area contributed by atoms with E-state index in [4.69, 9.17) is 37.4 Å². The predicted octanol–water partition coefficient (Wildman–Crippen LogP) is 3.91. The van der Waals surface area contributed by atoms with Gasteiger partial charge in [0, 0.05) is 4.47 Å². The summed E-state index contributed by atoms with van der Waals surface area (Å²) in [5.74, 6) is -1.42. The van der Waals surface area contributed by atoms with Crippen LogP contribution in [-0.2, 0) is 23.8 Å². The molecule has 0 bridgehead atoms. The molecule has 0 amide bonds. The monoisotopic (exact) mass is 501 g/mol. The van der Waals surface area contributed by atoms with Gasteiger partial charge in [0.25, 0.3) is 0 Å². The van der Waals surface area contributed by atoms with Crippen LogP contribution in [0.3, 0.4) is 0 Å². The fourth-order valence-corrected chi connectivity index (χ4v) is 4.15. The highest BCUT2D eigenvalue weighted by atomic mass is 79.9. The maximum absolute atomic E-state index is 12.3. The molecule has 0 N–H and O–H groups in total. The first-order valence-electron chi connectivity index (χ1n) is 6.41. The van der Waals surface area contributed by atoms with Gasteiger partial charge in [-0.05, 0) is 37.9 Å². The smallest absolute Gasteiger partial charge is 0.355 e. The fraction of sp³-hybridized carbons (Fsp3) is 0.286. The first-order valence-corrected chi connectivity index (χ1v) is 8.75. The highest BCUT2D eigenvalue weighted by Gasteiger charge is 2.34. The standard InChI is InChI=1S/C14H11Br2Cl2NO5/c1-22-13(20)6-4-24-5-19(11(6)14(21)23-2)12-8(17)3-7(15)10(18)9(12)16/h3H,4-5H2,1-2H3. The van der Waals surface area contributed by atoms with Crippen molar-refractivity contribution in [3.8, 4) is 0 Å². The zero-order chi connectivity index (χ0) is 18.0. The minimum atomic E-state index is -0.722. The van der Waals surface area contributed by atoms with Gasteiger partial charge >= 0.3 is 11.9 Å². The molecule has 6 nitrogen and oxygen atoms in total. The van der Waals surface area contributed by atoms with Crippen LogP contribution in [-0.4, -0.2) is 39.5 Å². The van der Waals surface area contributed by atoms with Gasteiger partial charge in [0.15, 0.2) is 0 Å². The molecule has 0 atom stereocenters. The molecule has 2 rings (SSSR count). The largest absolute Gasteiger partial charge is 0.466 e. The van der Waals surface area contributed by atoms with Gasteiger partial charge in [-0.15, -0.1) is 0 Å². The number of halogens is 4. The SMILES string of the molecule is COC(=O)C1=C(C(=O)OC)N(c2c(Cl)cc(Br)c(Cl)c2Br)COC1. The normalized spacial score (nSPS) is 14.7. The van der Waals surface area contributed by atoms with E-state index in [0.29, 0.717) is 19.7 Å². The van der Waals surface area contributed by atoms with Crippen molar-refractivity contribution in [3.05, 3.63) is 36.3 Å². The highest BCUT2D eigenvalue weighted by Crippen LogP contribution is 2.45. The third kappa shape index (κ3) is 3.57. The van der Waals surface area contributed by atoms with Crippen LogP contribution in [0.5, 0.6) is 0 Å². The first kappa shape index (κ1) is 19.5. The summed E-state index contributed by atoms with van der Waals surface area (Å²) in [6.07, 6.45) is 0. The van der Waals surface area contributed by atoms with Crippen molar-refractivity contribution in [2.75, 3.05) is 32.5 Å². The van der Waals surface area contributed by atoms with E-state index in [0.717, 1.165) is 0 Å². The Hall–Kier alpha value is -0.800. The van der Waals surface area contributed by atoms with Crippen molar-refractivity contribution in [2.45, 2.75) is 0 Å². The number of esters is 2. The first-order chi connectivity index (χ1) is 11.3. The predicted molar refractivity (Wildman–Crippen MR) is 96.2 cm³/mol. The molecule has 0 saturated carbocycles. The number of carbonyl (C=O) groups excluding carboxylic acids is 2. The minimum Gasteiger partial charge on any atom is -0.466 e. The Morgan fingerprint density at radius 1 is 1.21 bits per heavy atom. The Bertz CT molecular complexity index is 738. The molecule has 0 aliphatic carbocycles. The van der Waals surface area contributed by atoms with Crippen LogP contribution in [0.15, 0.2) is 26.3 Å². The molecule has 1 aromatic carbocycles. The van der Waals surface area contributed by atoms with E-state index in [9.17, 15) is 9.59 Å².